The molecule has 0 aliphatic heterocycles. The van der Waals surface area contributed by atoms with Gasteiger partial charge in [0.15, 0.2) is 0 Å². The fourth-order valence-electron chi connectivity index (χ4n) is 5.02. The molecular weight excluding hydrogens is 498 g/mol. The van der Waals surface area contributed by atoms with Gasteiger partial charge in [0.2, 0.25) is 5.91 Å². The van der Waals surface area contributed by atoms with Crippen molar-refractivity contribution in [2.75, 3.05) is 33.4 Å². The van der Waals surface area contributed by atoms with Crippen LogP contribution in [0.25, 0.3) is 21.7 Å². The minimum atomic E-state index is -0.178. The maximum Gasteiger partial charge on any atom is 0.254 e. The summed E-state index contributed by atoms with van der Waals surface area (Å²) in [5, 5.41) is 3.23. The number of ether oxygens (including phenoxy) is 1. The highest BCUT2D eigenvalue weighted by Gasteiger charge is 2.23. The number of methoxy groups -OCH3 is 1. The molecule has 0 bridgehead atoms. The van der Waals surface area contributed by atoms with Gasteiger partial charge in [0.05, 0.1) is 6.61 Å². The van der Waals surface area contributed by atoms with Crippen molar-refractivity contribution in [1.82, 2.24) is 14.8 Å². The Hall–Kier alpha value is -4.42. The number of aromatic nitrogens is 1. The highest BCUT2D eigenvalue weighted by atomic mass is 16.5. The molecule has 5 aromatic rings. The summed E-state index contributed by atoms with van der Waals surface area (Å²) in [4.78, 5) is 34.3. The molecule has 0 fully saturated rings. The zero-order valence-corrected chi connectivity index (χ0v) is 23.1. The van der Waals surface area contributed by atoms with Crippen LogP contribution >= 0.6 is 0 Å². The van der Waals surface area contributed by atoms with Crippen LogP contribution in [0.5, 0.6) is 0 Å². The molecule has 204 valence electrons. The van der Waals surface area contributed by atoms with Crippen LogP contribution in [-0.2, 0) is 22.5 Å². The second kappa shape index (κ2) is 12.6. The second-order valence-electron chi connectivity index (χ2n) is 10.2. The first-order valence-electron chi connectivity index (χ1n) is 13.7. The van der Waals surface area contributed by atoms with E-state index in [2.05, 4.69) is 48.3 Å². The van der Waals surface area contributed by atoms with Gasteiger partial charge < -0.3 is 19.5 Å². The Bertz CT molecular complexity index is 1610. The number of hydrogen-bond donors (Lipinski definition) is 1. The molecule has 0 unspecified atom stereocenters. The Morgan fingerprint density at radius 1 is 0.825 bits per heavy atom. The number of hydrogen-bond acceptors (Lipinski definition) is 3. The summed E-state index contributed by atoms with van der Waals surface area (Å²) in [6.45, 7) is 3.72. The zero-order valence-electron chi connectivity index (χ0n) is 23.1. The molecule has 6 heteroatoms. The number of para-hydroxylation sites is 1. The number of benzene rings is 4. The number of amides is 2. The highest BCUT2D eigenvalue weighted by Crippen LogP contribution is 2.20. The number of nitrogens with one attached hydrogen (secondary N) is 1. The SMILES string of the molecule is COCCN(CC(=O)N(CCc1c[nH]c2ccccc12)Cc1ccc(C)cc1)C(=O)c1ccc2ccccc2c1. The van der Waals surface area contributed by atoms with Gasteiger partial charge in [0.25, 0.3) is 5.91 Å². The van der Waals surface area contributed by atoms with Crippen molar-refractivity contribution in [3.05, 3.63) is 119 Å². The molecule has 0 atom stereocenters. The summed E-state index contributed by atoms with van der Waals surface area (Å²) < 4.78 is 5.29. The summed E-state index contributed by atoms with van der Waals surface area (Å²) in [6.07, 6.45) is 2.73. The molecule has 5 rings (SSSR count). The fourth-order valence-corrected chi connectivity index (χ4v) is 5.02. The van der Waals surface area contributed by atoms with Crippen LogP contribution in [-0.4, -0.2) is 59.9 Å². The van der Waals surface area contributed by atoms with E-state index in [1.165, 1.54) is 16.5 Å². The molecule has 1 N–H and O–H groups in total. The van der Waals surface area contributed by atoms with Crippen LogP contribution < -0.4 is 0 Å². The lowest BCUT2D eigenvalue weighted by molar-refractivity contribution is -0.132. The summed E-state index contributed by atoms with van der Waals surface area (Å²) in [5.41, 5.74) is 5.04. The molecule has 0 aliphatic rings. The molecule has 40 heavy (non-hydrogen) atoms. The third kappa shape index (κ3) is 6.41. The molecule has 4 aromatic carbocycles. The number of nitrogens with zero attached hydrogens (tertiary/aromatic N) is 2. The topological polar surface area (TPSA) is 65.6 Å². The van der Waals surface area contributed by atoms with Gasteiger partial charge in [-0.15, -0.1) is 0 Å². The first kappa shape index (κ1) is 27.2. The predicted molar refractivity (Wildman–Crippen MR) is 160 cm³/mol. The van der Waals surface area contributed by atoms with Crippen molar-refractivity contribution < 1.29 is 14.3 Å². The maximum atomic E-state index is 13.8. The zero-order chi connectivity index (χ0) is 27.9. The van der Waals surface area contributed by atoms with Crippen molar-refractivity contribution in [3.63, 3.8) is 0 Å². The van der Waals surface area contributed by atoms with Crippen LogP contribution in [0.4, 0.5) is 0 Å². The molecule has 0 aliphatic carbocycles. The van der Waals surface area contributed by atoms with E-state index < -0.39 is 0 Å². The smallest absolute Gasteiger partial charge is 0.254 e. The highest BCUT2D eigenvalue weighted by molar-refractivity contribution is 6.00. The molecule has 6 nitrogen and oxygen atoms in total. The number of rotatable bonds is 11. The van der Waals surface area contributed by atoms with Gasteiger partial charge in [-0.1, -0.05) is 78.4 Å². The van der Waals surface area contributed by atoms with E-state index in [0.717, 1.165) is 21.9 Å². The Morgan fingerprint density at radius 2 is 1.57 bits per heavy atom. The van der Waals surface area contributed by atoms with E-state index in [1.807, 2.05) is 65.7 Å². The number of carbonyl (C=O) groups is 2. The molecule has 0 spiro atoms. The lowest BCUT2D eigenvalue weighted by atomic mass is 10.1. The van der Waals surface area contributed by atoms with Crippen molar-refractivity contribution in [1.29, 1.82) is 0 Å². The number of aromatic amines is 1. The summed E-state index contributed by atoms with van der Waals surface area (Å²) in [5.74, 6) is -0.270. The average Bonchev–Trinajstić information content (AvgIpc) is 3.40. The number of H-pyrrole nitrogens is 1. The van der Waals surface area contributed by atoms with Gasteiger partial charge in [-0.3, -0.25) is 9.59 Å². The van der Waals surface area contributed by atoms with E-state index >= 15 is 0 Å². The molecule has 0 saturated carbocycles. The molecule has 0 radical (unpaired) electrons. The monoisotopic (exact) mass is 533 g/mol. The standard InChI is InChI=1S/C34H35N3O3/c1-25-11-13-26(14-12-25)23-36(18-17-30-22-35-32-10-6-5-9-31(30)32)33(38)24-37(19-20-40-2)34(39)29-16-15-27-7-3-4-8-28(27)21-29/h3-16,21-22,35H,17-20,23-24H2,1-2H3. The quantitative estimate of drug-likeness (QED) is 0.227. The number of aryl methyl sites for hydroxylation is 1. The molecular formula is C34H35N3O3. The van der Waals surface area contributed by atoms with Crippen LogP contribution in [0, 0.1) is 6.92 Å². The molecule has 2 amide bonds. The van der Waals surface area contributed by atoms with E-state index in [4.69, 9.17) is 4.74 Å². The number of fused-ring (bicyclic) bond motifs is 2. The first-order valence-corrected chi connectivity index (χ1v) is 13.7. The van der Waals surface area contributed by atoms with Crippen LogP contribution in [0.2, 0.25) is 0 Å². The van der Waals surface area contributed by atoms with Gasteiger partial charge in [0.1, 0.15) is 6.54 Å². The normalized spacial score (nSPS) is 11.2. The predicted octanol–water partition coefficient (Wildman–Crippen LogP) is 5.99. The van der Waals surface area contributed by atoms with Crippen molar-refractivity contribution >= 4 is 33.5 Å². The summed E-state index contributed by atoms with van der Waals surface area (Å²) in [7, 11) is 1.60. The molecule has 1 aromatic heterocycles. The summed E-state index contributed by atoms with van der Waals surface area (Å²) in [6, 6.07) is 30.1. The Labute approximate surface area is 235 Å². The van der Waals surface area contributed by atoms with Gasteiger partial charge >= 0.3 is 0 Å². The van der Waals surface area contributed by atoms with Gasteiger partial charge in [0, 0.05) is 49.4 Å². The molecule has 0 saturated heterocycles. The van der Waals surface area contributed by atoms with E-state index in [9.17, 15) is 9.59 Å². The van der Waals surface area contributed by atoms with Crippen molar-refractivity contribution in [3.8, 4) is 0 Å². The van der Waals surface area contributed by atoms with E-state index in [1.54, 1.807) is 12.0 Å². The Kier molecular flexibility index (Phi) is 8.57. The summed E-state index contributed by atoms with van der Waals surface area (Å²) >= 11 is 0. The minimum absolute atomic E-state index is 0.0191. The van der Waals surface area contributed by atoms with Gasteiger partial charge in [-0.25, -0.2) is 0 Å². The second-order valence-corrected chi connectivity index (χ2v) is 10.2. The Balaban J connectivity index is 1.37. The number of carbonyl (C=O) groups excluding carboxylic acids is 2. The lowest BCUT2D eigenvalue weighted by Gasteiger charge is -2.28. The average molecular weight is 534 g/mol. The van der Waals surface area contributed by atoms with Crippen molar-refractivity contribution in [2.24, 2.45) is 0 Å². The minimum Gasteiger partial charge on any atom is -0.383 e. The third-order valence-electron chi connectivity index (χ3n) is 7.35. The Morgan fingerprint density at radius 3 is 2.38 bits per heavy atom. The largest absolute Gasteiger partial charge is 0.383 e. The lowest BCUT2D eigenvalue weighted by Crippen LogP contribution is -2.44. The van der Waals surface area contributed by atoms with Crippen LogP contribution in [0.1, 0.15) is 27.0 Å². The third-order valence-corrected chi connectivity index (χ3v) is 7.35. The first-order chi connectivity index (χ1) is 19.5. The van der Waals surface area contributed by atoms with Crippen LogP contribution in [0.15, 0.2) is 97.2 Å². The van der Waals surface area contributed by atoms with Gasteiger partial charge in [-0.2, -0.15) is 0 Å². The van der Waals surface area contributed by atoms with Gasteiger partial charge in [-0.05, 0) is 53.4 Å². The van der Waals surface area contributed by atoms with Crippen LogP contribution in [0.3, 0.4) is 0 Å². The maximum absolute atomic E-state index is 13.8. The van der Waals surface area contributed by atoms with E-state index in [-0.39, 0.29) is 18.4 Å². The fraction of sp³-hybridized carbons (Fsp3) is 0.235. The van der Waals surface area contributed by atoms with E-state index in [0.29, 0.717) is 38.2 Å². The van der Waals surface area contributed by atoms with Crippen molar-refractivity contribution in [2.45, 2.75) is 19.9 Å². The molecule has 1 heterocycles.